The van der Waals surface area contributed by atoms with Crippen molar-refractivity contribution in [2.45, 2.75) is 0 Å². The number of carbonyl (C=O) groups excluding carboxylic acids is 2. The molecule has 1 aliphatic rings. The Balaban J connectivity index is 2.62. The summed E-state index contributed by atoms with van der Waals surface area (Å²) in [5, 5.41) is 2.45. The Labute approximate surface area is 86.0 Å². The summed E-state index contributed by atoms with van der Waals surface area (Å²) in [4.78, 5) is 22.6. The van der Waals surface area contributed by atoms with Crippen molar-refractivity contribution in [2.24, 2.45) is 0 Å². The van der Waals surface area contributed by atoms with Gasteiger partial charge in [-0.2, -0.15) is 0 Å². The molecule has 0 aromatic heterocycles. The Hall–Kier alpha value is -2.04. The lowest BCUT2D eigenvalue weighted by Crippen LogP contribution is -2.12. The molecule has 15 heavy (non-hydrogen) atoms. The summed E-state index contributed by atoms with van der Waals surface area (Å²) in [5.74, 6) is -0.308. The van der Waals surface area contributed by atoms with Crippen molar-refractivity contribution in [2.75, 3.05) is 19.5 Å². The molecule has 1 amide bonds. The fourth-order valence-corrected chi connectivity index (χ4v) is 1.47. The minimum absolute atomic E-state index is 0.288. The Morgan fingerprint density at radius 1 is 1.13 bits per heavy atom. The Morgan fingerprint density at radius 3 is 2.47 bits per heavy atom. The highest BCUT2D eigenvalue weighted by atomic mass is 16.5. The first-order valence-corrected chi connectivity index (χ1v) is 4.29. The van der Waals surface area contributed by atoms with Gasteiger partial charge >= 0.3 is 0 Å². The fourth-order valence-electron chi connectivity index (χ4n) is 1.47. The number of Topliss-reactive ketones (excluding diaryl/α,β-unsaturated/α-hetero) is 1. The molecule has 0 spiro atoms. The molecule has 5 heteroatoms. The molecule has 0 saturated carbocycles. The van der Waals surface area contributed by atoms with Crippen LogP contribution in [0, 0.1) is 0 Å². The average molecular weight is 207 g/mol. The highest BCUT2D eigenvalue weighted by Crippen LogP contribution is 2.36. The minimum Gasteiger partial charge on any atom is -0.497 e. The van der Waals surface area contributed by atoms with Crippen LogP contribution in [0.4, 0.5) is 5.69 Å². The van der Waals surface area contributed by atoms with Crippen LogP contribution in [0.25, 0.3) is 0 Å². The highest BCUT2D eigenvalue weighted by molar-refractivity contribution is 6.52. The Kier molecular flexibility index (Phi) is 2.07. The molecule has 5 nitrogen and oxygen atoms in total. The van der Waals surface area contributed by atoms with Gasteiger partial charge in [0.1, 0.15) is 11.5 Å². The molecule has 78 valence electrons. The molecule has 0 saturated heterocycles. The molecule has 0 aliphatic carbocycles. The zero-order valence-corrected chi connectivity index (χ0v) is 8.29. The normalized spacial score (nSPS) is 13.5. The standard InChI is InChI=1S/C10H9NO4/c1-14-5-3-6-8(7(4-5)15-2)11-10(13)9(6)12/h3-4H,1-2H3,(H,11,12,13). The van der Waals surface area contributed by atoms with Crippen molar-refractivity contribution in [3.05, 3.63) is 17.7 Å². The number of amides is 1. The van der Waals surface area contributed by atoms with Crippen molar-refractivity contribution in [3.63, 3.8) is 0 Å². The van der Waals surface area contributed by atoms with Gasteiger partial charge < -0.3 is 14.8 Å². The third kappa shape index (κ3) is 1.32. The van der Waals surface area contributed by atoms with E-state index in [1.165, 1.54) is 20.3 Å². The summed E-state index contributed by atoms with van der Waals surface area (Å²) in [6.45, 7) is 0. The van der Waals surface area contributed by atoms with Crippen LogP contribution in [0.15, 0.2) is 12.1 Å². The third-order valence-electron chi connectivity index (χ3n) is 2.22. The molecule has 1 aliphatic heterocycles. The van der Waals surface area contributed by atoms with Crippen molar-refractivity contribution >= 4 is 17.4 Å². The van der Waals surface area contributed by atoms with Gasteiger partial charge in [-0.05, 0) is 6.07 Å². The summed E-state index contributed by atoms with van der Waals surface area (Å²) in [6, 6.07) is 3.12. The number of anilines is 1. The maximum atomic E-state index is 11.4. The van der Waals surface area contributed by atoms with E-state index < -0.39 is 11.7 Å². The minimum atomic E-state index is -0.642. The third-order valence-corrected chi connectivity index (χ3v) is 2.22. The largest absolute Gasteiger partial charge is 0.497 e. The summed E-state index contributed by atoms with van der Waals surface area (Å²) in [5.41, 5.74) is 0.699. The SMILES string of the molecule is COc1cc(OC)c2c(c1)C(=O)C(=O)N2. The van der Waals surface area contributed by atoms with Gasteiger partial charge in [-0.1, -0.05) is 0 Å². The van der Waals surface area contributed by atoms with Crippen LogP contribution in [0.5, 0.6) is 11.5 Å². The summed E-state index contributed by atoms with van der Waals surface area (Å²) in [6.07, 6.45) is 0. The van der Waals surface area contributed by atoms with Gasteiger partial charge in [-0.25, -0.2) is 0 Å². The van der Waals surface area contributed by atoms with Gasteiger partial charge in [-0.3, -0.25) is 9.59 Å². The Bertz CT molecular complexity index is 453. The highest BCUT2D eigenvalue weighted by Gasteiger charge is 2.31. The second-order valence-corrected chi connectivity index (χ2v) is 3.04. The van der Waals surface area contributed by atoms with E-state index in [1.54, 1.807) is 6.07 Å². The predicted octanol–water partition coefficient (Wildman–Crippen LogP) is 0.839. The summed E-state index contributed by atoms with van der Waals surface area (Å²) < 4.78 is 10.0. The van der Waals surface area contributed by atoms with Crippen LogP contribution in [0.2, 0.25) is 0 Å². The lowest BCUT2D eigenvalue weighted by Gasteiger charge is -2.08. The molecule has 2 rings (SSSR count). The second kappa shape index (κ2) is 3.27. The van der Waals surface area contributed by atoms with E-state index in [0.29, 0.717) is 17.2 Å². The number of rotatable bonds is 2. The molecule has 0 unspecified atom stereocenters. The molecule has 0 fully saturated rings. The van der Waals surface area contributed by atoms with Crippen LogP contribution in [-0.4, -0.2) is 25.9 Å². The van der Waals surface area contributed by atoms with E-state index in [0.717, 1.165) is 0 Å². The quantitative estimate of drug-likeness (QED) is 0.730. The zero-order valence-electron chi connectivity index (χ0n) is 8.29. The number of ketones is 1. The number of hydrogen-bond donors (Lipinski definition) is 1. The average Bonchev–Trinajstić information content (AvgIpc) is 2.54. The topological polar surface area (TPSA) is 64.6 Å². The monoisotopic (exact) mass is 207 g/mol. The van der Waals surface area contributed by atoms with Gasteiger partial charge in [-0.15, -0.1) is 0 Å². The smallest absolute Gasteiger partial charge is 0.296 e. The molecular formula is C10H9NO4. The van der Waals surface area contributed by atoms with E-state index in [2.05, 4.69) is 5.32 Å². The maximum Gasteiger partial charge on any atom is 0.296 e. The van der Waals surface area contributed by atoms with E-state index in [1.807, 2.05) is 0 Å². The predicted molar refractivity (Wildman–Crippen MR) is 52.5 cm³/mol. The van der Waals surface area contributed by atoms with Crippen molar-refractivity contribution in [1.82, 2.24) is 0 Å². The number of fused-ring (bicyclic) bond motifs is 1. The lowest BCUT2D eigenvalue weighted by molar-refractivity contribution is -0.112. The number of hydrogen-bond acceptors (Lipinski definition) is 4. The number of carbonyl (C=O) groups is 2. The number of methoxy groups -OCH3 is 2. The lowest BCUT2D eigenvalue weighted by atomic mass is 10.1. The van der Waals surface area contributed by atoms with Crippen molar-refractivity contribution < 1.29 is 19.1 Å². The summed E-state index contributed by atoms with van der Waals surface area (Å²) >= 11 is 0. The molecule has 1 aromatic rings. The zero-order chi connectivity index (χ0) is 11.0. The number of nitrogens with one attached hydrogen (secondary N) is 1. The molecule has 0 atom stereocenters. The van der Waals surface area contributed by atoms with Crippen LogP contribution in [0.3, 0.4) is 0 Å². The van der Waals surface area contributed by atoms with E-state index in [4.69, 9.17) is 9.47 Å². The first kappa shape index (κ1) is 9.51. The Morgan fingerprint density at radius 2 is 1.87 bits per heavy atom. The van der Waals surface area contributed by atoms with Gasteiger partial charge in [0.05, 0.1) is 25.5 Å². The van der Waals surface area contributed by atoms with E-state index in [9.17, 15) is 9.59 Å². The molecule has 0 bridgehead atoms. The van der Waals surface area contributed by atoms with Gasteiger partial charge in [0.2, 0.25) is 0 Å². The molecule has 1 N–H and O–H groups in total. The van der Waals surface area contributed by atoms with Crippen LogP contribution in [0.1, 0.15) is 10.4 Å². The number of ether oxygens (including phenoxy) is 2. The van der Waals surface area contributed by atoms with Gasteiger partial charge in [0.15, 0.2) is 0 Å². The summed E-state index contributed by atoms with van der Waals surface area (Å²) in [7, 11) is 2.94. The molecule has 0 radical (unpaired) electrons. The fraction of sp³-hybridized carbons (Fsp3) is 0.200. The molecular weight excluding hydrogens is 198 g/mol. The van der Waals surface area contributed by atoms with Gasteiger partial charge in [0, 0.05) is 6.07 Å². The molecule has 1 aromatic carbocycles. The number of benzene rings is 1. The van der Waals surface area contributed by atoms with Crippen molar-refractivity contribution in [3.8, 4) is 11.5 Å². The van der Waals surface area contributed by atoms with Crippen molar-refractivity contribution in [1.29, 1.82) is 0 Å². The molecule has 1 heterocycles. The van der Waals surface area contributed by atoms with E-state index in [-0.39, 0.29) is 5.56 Å². The van der Waals surface area contributed by atoms with Gasteiger partial charge in [0.25, 0.3) is 11.7 Å². The van der Waals surface area contributed by atoms with E-state index >= 15 is 0 Å². The second-order valence-electron chi connectivity index (χ2n) is 3.04. The van der Waals surface area contributed by atoms with Crippen LogP contribution in [-0.2, 0) is 4.79 Å². The first-order valence-electron chi connectivity index (χ1n) is 4.29. The maximum absolute atomic E-state index is 11.4. The van der Waals surface area contributed by atoms with Crippen LogP contribution >= 0.6 is 0 Å². The first-order chi connectivity index (χ1) is 7.17. The van der Waals surface area contributed by atoms with Crippen LogP contribution < -0.4 is 14.8 Å².